The van der Waals surface area contributed by atoms with Gasteiger partial charge in [-0.05, 0) is 37.3 Å². The van der Waals surface area contributed by atoms with E-state index in [9.17, 15) is 4.79 Å². The van der Waals surface area contributed by atoms with Crippen LogP contribution in [0.1, 0.15) is 18.5 Å². The Balaban J connectivity index is 1.92. The Morgan fingerprint density at radius 1 is 1.53 bits per heavy atom. The van der Waals surface area contributed by atoms with Crippen LogP contribution in [0.5, 0.6) is 0 Å². The van der Waals surface area contributed by atoms with E-state index in [1.165, 1.54) is 0 Å². The molecular weight excluding hydrogens is 216 g/mol. The molecule has 1 aliphatic rings. The standard InChI is InChI=1S/C13H18N2O2/c16-10-13(17)15-7-3-4-11(9-15)8-12-5-1-2-6-14-12/h1-2,5-6,11,16H,3-4,7-10H2. The molecule has 2 heterocycles. The number of aliphatic hydroxyl groups excluding tert-OH is 1. The van der Waals surface area contributed by atoms with Crippen molar-refractivity contribution in [1.29, 1.82) is 0 Å². The number of pyridine rings is 1. The van der Waals surface area contributed by atoms with Crippen molar-refractivity contribution in [3.8, 4) is 0 Å². The highest BCUT2D eigenvalue weighted by Crippen LogP contribution is 2.19. The molecule has 0 saturated carbocycles. The molecule has 1 amide bonds. The number of carbonyl (C=O) groups excluding carboxylic acids is 1. The normalized spacial score (nSPS) is 20.3. The van der Waals surface area contributed by atoms with E-state index in [4.69, 9.17) is 5.11 Å². The van der Waals surface area contributed by atoms with Gasteiger partial charge in [0, 0.05) is 25.0 Å². The SMILES string of the molecule is O=C(CO)N1CCCC(Cc2ccccn2)C1. The summed E-state index contributed by atoms with van der Waals surface area (Å²) in [5.41, 5.74) is 1.08. The number of carbonyl (C=O) groups is 1. The van der Waals surface area contributed by atoms with E-state index in [1.54, 1.807) is 11.1 Å². The van der Waals surface area contributed by atoms with Gasteiger partial charge >= 0.3 is 0 Å². The molecule has 4 nitrogen and oxygen atoms in total. The number of aromatic nitrogens is 1. The Morgan fingerprint density at radius 2 is 2.41 bits per heavy atom. The lowest BCUT2D eigenvalue weighted by atomic mass is 9.93. The van der Waals surface area contributed by atoms with E-state index in [2.05, 4.69) is 4.98 Å². The zero-order valence-electron chi connectivity index (χ0n) is 9.88. The van der Waals surface area contributed by atoms with Gasteiger partial charge in [0.15, 0.2) is 0 Å². The lowest BCUT2D eigenvalue weighted by Crippen LogP contribution is -2.41. The lowest BCUT2D eigenvalue weighted by Gasteiger charge is -2.32. The van der Waals surface area contributed by atoms with Gasteiger partial charge in [0.2, 0.25) is 5.91 Å². The molecule has 2 rings (SSSR count). The van der Waals surface area contributed by atoms with Crippen LogP contribution < -0.4 is 0 Å². The van der Waals surface area contributed by atoms with E-state index < -0.39 is 0 Å². The number of hydrogen-bond acceptors (Lipinski definition) is 3. The van der Waals surface area contributed by atoms with Crippen LogP contribution >= 0.6 is 0 Å². The lowest BCUT2D eigenvalue weighted by molar-refractivity contribution is -0.136. The van der Waals surface area contributed by atoms with E-state index in [1.807, 2.05) is 18.2 Å². The van der Waals surface area contributed by atoms with Crippen molar-refractivity contribution in [1.82, 2.24) is 9.88 Å². The van der Waals surface area contributed by atoms with Gasteiger partial charge in [-0.2, -0.15) is 0 Å². The van der Waals surface area contributed by atoms with Crippen molar-refractivity contribution >= 4 is 5.91 Å². The van der Waals surface area contributed by atoms with Gasteiger partial charge in [-0.25, -0.2) is 0 Å². The Hall–Kier alpha value is -1.42. The second-order valence-electron chi connectivity index (χ2n) is 4.53. The van der Waals surface area contributed by atoms with Crippen LogP contribution in [0.4, 0.5) is 0 Å². The smallest absolute Gasteiger partial charge is 0.248 e. The van der Waals surface area contributed by atoms with Crippen LogP contribution in [0.25, 0.3) is 0 Å². The highest BCUT2D eigenvalue weighted by Gasteiger charge is 2.23. The summed E-state index contributed by atoms with van der Waals surface area (Å²) in [5, 5.41) is 8.86. The first kappa shape index (κ1) is 12.0. The fraction of sp³-hybridized carbons (Fsp3) is 0.538. The molecule has 1 aromatic rings. The van der Waals surface area contributed by atoms with Gasteiger partial charge in [-0.15, -0.1) is 0 Å². The minimum Gasteiger partial charge on any atom is -0.387 e. The first-order chi connectivity index (χ1) is 8.29. The Bertz CT molecular complexity index is 367. The van der Waals surface area contributed by atoms with Crippen molar-refractivity contribution < 1.29 is 9.90 Å². The number of amides is 1. The summed E-state index contributed by atoms with van der Waals surface area (Å²) in [6, 6.07) is 5.92. The van der Waals surface area contributed by atoms with Crippen LogP contribution in [0.15, 0.2) is 24.4 Å². The third kappa shape index (κ3) is 3.27. The van der Waals surface area contributed by atoms with E-state index in [0.717, 1.165) is 38.0 Å². The maximum Gasteiger partial charge on any atom is 0.248 e. The van der Waals surface area contributed by atoms with Gasteiger partial charge < -0.3 is 10.0 Å². The van der Waals surface area contributed by atoms with Gasteiger partial charge in [0.25, 0.3) is 0 Å². The summed E-state index contributed by atoms with van der Waals surface area (Å²) < 4.78 is 0. The molecule has 1 saturated heterocycles. The zero-order valence-corrected chi connectivity index (χ0v) is 9.88. The Morgan fingerprint density at radius 3 is 3.12 bits per heavy atom. The quantitative estimate of drug-likeness (QED) is 0.843. The molecule has 1 unspecified atom stereocenters. The molecule has 0 spiro atoms. The number of rotatable bonds is 3. The second kappa shape index (κ2) is 5.77. The molecule has 0 aliphatic carbocycles. The van der Waals surface area contributed by atoms with Gasteiger partial charge in [0.05, 0.1) is 0 Å². The van der Waals surface area contributed by atoms with Crippen LogP contribution in [0.2, 0.25) is 0 Å². The first-order valence-electron chi connectivity index (χ1n) is 6.08. The zero-order chi connectivity index (χ0) is 12.1. The molecule has 0 bridgehead atoms. The molecule has 92 valence electrons. The largest absolute Gasteiger partial charge is 0.387 e. The second-order valence-corrected chi connectivity index (χ2v) is 4.53. The monoisotopic (exact) mass is 234 g/mol. The predicted molar refractivity (Wildman–Crippen MR) is 64.3 cm³/mol. The van der Waals surface area contributed by atoms with Crippen LogP contribution in [-0.2, 0) is 11.2 Å². The van der Waals surface area contributed by atoms with Crippen molar-refractivity contribution in [3.05, 3.63) is 30.1 Å². The minimum atomic E-state index is -0.379. The molecule has 1 fully saturated rings. The van der Waals surface area contributed by atoms with Crippen molar-refractivity contribution in [2.75, 3.05) is 19.7 Å². The van der Waals surface area contributed by atoms with Crippen LogP contribution in [-0.4, -0.2) is 40.6 Å². The van der Waals surface area contributed by atoms with Crippen molar-refractivity contribution in [2.45, 2.75) is 19.3 Å². The predicted octanol–water partition coefficient (Wildman–Crippen LogP) is 0.855. The van der Waals surface area contributed by atoms with E-state index in [0.29, 0.717) is 5.92 Å². The number of piperidine rings is 1. The minimum absolute atomic E-state index is 0.157. The summed E-state index contributed by atoms with van der Waals surface area (Å²) in [4.78, 5) is 17.5. The topological polar surface area (TPSA) is 53.4 Å². The molecule has 17 heavy (non-hydrogen) atoms. The molecule has 1 aromatic heterocycles. The van der Waals surface area contributed by atoms with Gasteiger partial charge in [0.1, 0.15) is 6.61 Å². The van der Waals surface area contributed by atoms with Crippen LogP contribution in [0, 0.1) is 5.92 Å². The average Bonchev–Trinajstić information content (AvgIpc) is 2.39. The van der Waals surface area contributed by atoms with Crippen molar-refractivity contribution in [3.63, 3.8) is 0 Å². The first-order valence-corrected chi connectivity index (χ1v) is 6.08. The summed E-state index contributed by atoms with van der Waals surface area (Å²) in [5.74, 6) is 0.310. The fourth-order valence-corrected chi connectivity index (χ4v) is 2.37. The summed E-state index contributed by atoms with van der Waals surface area (Å²) in [6.45, 7) is 1.14. The van der Waals surface area contributed by atoms with E-state index >= 15 is 0 Å². The third-order valence-electron chi connectivity index (χ3n) is 3.23. The Labute approximate surface area is 101 Å². The van der Waals surface area contributed by atoms with Gasteiger partial charge in [-0.3, -0.25) is 9.78 Å². The molecule has 0 aromatic carbocycles. The van der Waals surface area contributed by atoms with Crippen LogP contribution in [0.3, 0.4) is 0 Å². The highest BCUT2D eigenvalue weighted by molar-refractivity contribution is 5.77. The summed E-state index contributed by atoms with van der Waals surface area (Å²) in [7, 11) is 0. The fourth-order valence-electron chi connectivity index (χ4n) is 2.37. The average molecular weight is 234 g/mol. The third-order valence-corrected chi connectivity index (χ3v) is 3.23. The summed E-state index contributed by atoms with van der Waals surface area (Å²) in [6.07, 6.45) is 4.86. The molecule has 1 N–H and O–H groups in total. The van der Waals surface area contributed by atoms with E-state index in [-0.39, 0.29) is 12.5 Å². The molecule has 1 atom stereocenters. The van der Waals surface area contributed by atoms with Gasteiger partial charge in [-0.1, -0.05) is 6.07 Å². The summed E-state index contributed by atoms with van der Waals surface area (Å²) >= 11 is 0. The number of likely N-dealkylation sites (tertiary alicyclic amines) is 1. The highest BCUT2D eigenvalue weighted by atomic mass is 16.3. The molecule has 1 aliphatic heterocycles. The number of aliphatic hydroxyl groups is 1. The maximum absolute atomic E-state index is 11.4. The van der Waals surface area contributed by atoms with Crippen molar-refractivity contribution in [2.24, 2.45) is 5.92 Å². The molecule has 4 heteroatoms. The Kier molecular flexibility index (Phi) is 4.09. The number of nitrogens with zero attached hydrogens (tertiary/aromatic N) is 2. The maximum atomic E-state index is 11.4. The molecular formula is C13H18N2O2. The molecule has 0 radical (unpaired) electrons. The number of hydrogen-bond donors (Lipinski definition) is 1.